The highest BCUT2D eigenvalue weighted by Gasteiger charge is 2.60. The van der Waals surface area contributed by atoms with Gasteiger partial charge in [-0.15, -0.1) is 0 Å². The largest absolute Gasteiger partial charge is 0.463 e. The second kappa shape index (κ2) is 9.02. The number of carbonyl (C=O) groups is 1. The lowest BCUT2D eigenvalue weighted by molar-refractivity contribution is -0.160. The molecule has 0 heterocycles. The summed E-state index contributed by atoms with van der Waals surface area (Å²) in [5, 5.41) is 0. The molecule has 0 bridgehead atoms. The van der Waals surface area contributed by atoms with Crippen LogP contribution in [-0.4, -0.2) is 12.1 Å². The predicted octanol–water partition coefficient (Wildman–Crippen LogP) is 8.04. The normalized spacial score (nSPS) is 45.5. The van der Waals surface area contributed by atoms with Crippen LogP contribution in [0.1, 0.15) is 119 Å². The number of ether oxygens (including phenoxy) is 1. The van der Waals surface area contributed by atoms with Crippen LogP contribution in [0.4, 0.5) is 0 Å². The zero-order chi connectivity index (χ0) is 22.4. The maximum atomic E-state index is 11.5. The number of fused-ring (bicyclic) bond motifs is 5. The lowest BCUT2D eigenvalue weighted by Gasteiger charge is -2.61. The van der Waals surface area contributed by atoms with Gasteiger partial charge in [0.05, 0.1) is 0 Å². The molecule has 0 N–H and O–H groups in total. The van der Waals surface area contributed by atoms with Crippen LogP contribution in [0.15, 0.2) is 0 Å². The minimum atomic E-state index is -0.0877. The number of carbonyl (C=O) groups excluding carboxylic acids is 1. The van der Waals surface area contributed by atoms with Crippen molar-refractivity contribution in [3.8, 4) is 0 Å². The van der Waals surface area contributed by atoms with Crippen molar-refractivity contribution in [2.75, 3.05) is 0 Å². The van der Waals surface area contributed by atoms with E-state index in [-0.39, 0.29) is 12.1 Å². The van der Waals surface area contributed by atoms with Crippen molar-refractivity contribution in [3.05, 3.63) is 0 Å². The minimum Gasteiger partial charge on any atom is -0.463 e. The van der Waals surface area contributed by atoms with Gasteiger partial charge in [-0.05, 0) is 110 Å². The van der Waals surface area contributed by atoms with Crippen LogP contribution in [-0.2, 0) is 9.53 Å². The number of hydrogen-bond acceptors (Lipinski definition) is 2. The van der Waals surface area contributed by atoms with Gasteiger partial charge >= 0.3 is 5.97 Å². The van der Waals surface area contributed by atoms with E-state index in [1.807, 2.05) is 0 Å². The van der Waals surface area contributed by atoms with Gasteiger partial charge in [-0.2, -0.15) is 0 Å². The molecule has 0 radical (unpaired) electrons. The summed E-state index contributed by atoms with van der Waals surface area (Å²) >= 11 is 0. The van der Waals surface area contributed by atoms with E-state index in [4.69, 9.17) is 4.74 Å². The number of esters is 1. The topological polar surface area (TPSA) is 26.3 Å². The summed E-state index contributed by atoms with van der Waals surface area (Å²) < 4.78 is 5.65. The van der Waals surface area contributed by atoms with Crippen molar-refractivity contribution < 1.29 is 9.53 Å². The van der Waals surface area contributed by atoms with E-state index in [9.17, 15) is 4.79 Å². The Morgan fingerprint density at radius 3 is 2.32 bits per heavy atom. The number of hydrogen-bond donors (Lipinski definition) is 0. The Balaban J connectivity index is 1.43. The van der Waals surface area contributed by atoms with Crippen LogP contribution in [0, 0.1) is 52.3 Å². The van der Waals surface area contributed by atoms with Crippen molar-refractivity contribution in [1.82, 2.24) is 0 Å². The van der Waals surface area contributed by atoms with Gasteiger partial charge in [0.25, 0.3) is 0 Å². The molecule has 0 aliphatic heterocycles. The predicted molar refractivity (Wildman–Crippen MR) is 129 cm³/mol. The first-order chi connectivity index (χ1) is 14.6. The Morgan fingerprint density at radius 1 is 0.903 bits per heavy atom. The van der Waals surface area contributed by atoms with Crippen LogP contribution < -0.4 is 0 Å². The van der Waals surface area contributed by atoms with Gasteiger partial charge in [0, 0.05) is 6.92 Å². The Morgan fingerprint density at radius 2 is 1.61 bits per heavy atom. The van der Waals surface area contributed by atoms with E-state index in [1.54, 1.807) is 6.92 Å². The standard InChI is InChI=1S/C29H50O2/c1-19(2)8-7-9-20(3)25-12-13-26-24-11-10-22-18-23(31-21(4)30)14-16-28(22,5)27(24)15-17-29(25,26)6/h19-20,22-27H,7-18H2,1-6H3/t20-,22+,23-,24?,25?,26?,27?,28?,29?/m1/s1. The summed E-state index contributed by atoms with van der Waals surface area (Å²) in [7, 11) is 0. The highest BCUT2D eigenvalue weighted by atomic mass is 16.5. The molecule has 0 saturated heterocycles. The van der Waals surface area contributed by atoms with E-state index in [2.05, 4.69) is 34.6 Å². The Bertz CT molecular complexity index is 641. The lowest BCUT2D eigenvalue weighted by atomic mass is 9.44. The molecule has 178 valence electrons. The fraction of sp³-hybridized carbons (Fsp3) is 0.966. The summed E-state index contributed by atoms with van der Waals surface area (Å²) in [6, 6.07) is 0. The summed E-state index contributed by atoms with van der Waals surface area (Å²) in [5.41, 5.74) is 1.08. The second-order valence-electron chi connectivity index (χ2n) is 13.2. The maximum Gasteiger partial charge on any atom is 0.302 e. The molecule has 2 heteroatoms. The van der Waals surface area contributed by atoms with Crippen LogP contribution in [0.3, 0.4) is 0 Å². The lowest BCUT2D eigenvalue weighted by Crippen LogP contribution is -2.54. The monoisotopic (exact) mass is 430 g/mol. The van der Waals surface area contributed by atoms with E-state index in [1.165, 1.54) is 64.2 Å². The van der Waals surface area contributed by atoms with Crippen LogP contribution in [0.5, 0.6) is 0 Å². The van der Waals surface area contributed by atoms with Crippen molar-refractivity contribution in [1.29, 1.82) is 0 Å². The quantitative estimate of drug-likeness (QED) is 0.398. The van der Waals surface area contributed by atoms with Crippen molar-refractivity contribution >= 4 is 5.97 Å². The third-order valence-corrected chi connectivity index (χ3v) is 11.2. The summed E-state index contributed by atoms with van der Waals surface area (Å²) in [6.45, 7) is 14.2. The van der Waals surface area contributed by atoms with Crippen LogP contribution in [0.2, 0.25) is 0 Å². The first-order valence-corrected chi connectivity index (χ1v) is 13.8. The third-order valence-electron chi connectivity index (χ3n) is 11.2. The molecule has 4 fully saturated rings. The third kappa shape index (κ3) is 4.35. The van der Waals surface area contributed by atoms with E-state index in [0.29, 0.717) is 10.8 Å². The van der Waals surface area contributed by atoms with Gasteiger partial charge in [0.15, 0.2) is 0 Å². The van der Waals surface area contributed by atoms with Gasteiger partial charge in [-0.1, -0.05) is 53.9 Å². The molecule has 4 aliphatic rings. The fourth-order valence-corrected chi connectivity index (χ4v) is 9.59. The zero-order valence-corrected chi connectivity index (χ0v) is 21.4. The van der Waals surface area contributed by atoms with E-state index in [0.717, 1.165) is 54.3 Å². The fourth-order valence-electron chi connectivity index (χ4n) is 9.59. The molecule has 0 spiro atoms. The van der Waals surface area contributed by atoms with Crippen LogP contribution in [0.25, 0.3) is 0 Å². The molecule has 6 unspecified atom stereocenters. The molecular formula is C29H50O2. The maximum absolute atomic E-state index is 11.5. The zero-order valence-electron chi connectivity index (χ0n) is 21.4. The van der Waals surface area contributed by atoms with E-state index < -0.39 is 0 Å². The Kier molecular flexibility index (Phi) is 6.87. The molecule has 0 aromatic rings. The smallest absolute Gasteiger partial charge is 0.302 e. The number of rotatable bonds is 6. The Hall–Kier alpha value is -0.530. The molecule has 0 aromatic carbocycles. The van der Waals surface area contributed by atoms with Gasteiger partial charge in [0.2, 0.25) is 0 Å². The summed E-state index contributed by atoms with van der Waals surface area (Å²) in [4.78, 5) is 11.5. The van der Waals surface area contributed by atoms with Crippen molar-refractivity contribution in [2.45, 2.75) is 125 Å². The van der Waals surface area contributed by atoms with Gasteiger partial charge in [0.1, 0.15) is 6.10 Å². The molecular weight excluding hydrogens is 380 g/mol. The van der Waals surface area contributed by atoms with Gasteiger partial charge in [-0.25, -0.2) is 0 Å². The molecule has 4 rings (SSSR count). The summed E-state index contributed by atoms with van der Waals surface area (Å²) in [6.07, 6.45) is 16.6. The highest BCUT2D eigenvalue weighted by molar-refractivity contribution is 5.66. The molecule has 4 aliphatic carbocycles. The molecule has 9 atom stereocenters. The second-order valence-corrected chi connectivity index (χ2v) is 13.2. The van der Waals surface area contributed by atoms with Crippen molar-refractivity contribution in [3.63, 3.8) is 0 Å². The van der Waals surface area contributed by atoms with Gasteiger partial charge in [-0.3, -0.25) is 4.79 Å². The molecule has 0 amide bonds. The average molecular weight is 431 g/mol. The van der Waals surface area contributed by atoms with E-state index >= 15 is 0 Å². The SMILES string of the molecule is CC(=O)O[C@@H]1CCC2(C)C3CCC4(C)C(CCC4[C@H](C)CCCC(C)C)C3CC[C@H]2C1. The minimum absolute atomic E-state index is 0.0877. The highest BCUT2D eigenvalue weighted by Crippen LogP contribution is 2.68. The first kappa shape index (κ1) is 23.6. The Labute approximate surface area is 192 Å². The first-order valence-electron chi connectivity index (χ1n) is 13.8. The van der Waals surface area contributed by atoms with Gasteiger partial charge < -0.3 is 4.74 Å². The van der Waals surface area contributed by atoms with Crippen molar-refractivity contribution in [2.24, 2.45) is 52.3 Å². The molecule has 0 aromatic heterocycles. The van der Waals surface area contributed by atoms with Crippen LogP contribution >= 0.6 is 0 Å². The molecule has 31 heavy (non-hydrogen) atoms. The molecule has 4 saturated carbocycles. The average Bonchev–Trinajstić information content (AvgIpc) is 3.05. The summed E-state index contributed by atoms with van der Waals surface area (Å²) in [5.74, 6) is 6.22. The molecule has 2 nitrogen and oxygen atoms in total.